The summed E-state index contributed by atoms with van der Waals surface area (Å²) in [7, 11) is 0. The molecule has 0 bridgehead atoms. The fraction of sp³-hybridized carbons (Fsp3) is 0.167. The summed E-state index contributed by atoms with van der Waals surface area (Å²) in [5, 5.41) is 1.29. The van der Waals surface area contributed by atoms with Gasteiger partial charge >= 0.3 is 0 Å². The molecule has 146 valence electrons. The van der Waals surface area contributed by atoms with Gasteiger partial charge in [-0.25, -0.2) is 5.01 Å². The van der Waals surface area contributed by atoms with Crippen molar-refractivity contribution in [1.82, 2.24) is 9.99 Å². The van der Waals surface area contributed by atoms with E-state index in [1.807, 2.05) is 44.2 Å². The maximum Gasteiger partial charge on any atom is 0.282 e. The number of nitrogens with zero attached hydrogens (tertiary/aromatic N) is 2. The van der Waals surface area contributed by atoms with Crippen molar-refractivity contribution in [3.8, 4) is 5.69 Å². The van der Waals surface area contributed by atoms with Crippen LogP contribution in [-0.4, -0.2) is 16.4 Å². The van der Waals surface area contributed by atoms with Crippen LogP contribution in [0.1, 0.15) is 28.1 Å². The van der Waals surface area contributed by atoms with E-state index in [-0.39, 0.29) is 11.5 Å². The molecule has 0 atom stereocenters. The van der Waals surface area contributed by atoms with Crippen LogP contribution >= 0.6 is 0 Å². The summed E-state index contributed by atoms with van der Waals surface area (Å²) < 4.78 is 2.18. The number of hydrogen-bond donors (Lipinski definition) is 1. The maximum absolute atomic E-state index is 12.9. The lowest BCUT2D eigenvalue weighted by atomic mass is 10.1. The summed E-state index contributed by atoms with van der Waals surface area (Å²) in [4.78, 5) is 25.4. The second-order valence-electron chi connectivity index (χ2n) is 7.38. The minimum atomic E-state index is -0.393. The molecule has 0 saturated carbocycles. The molecule has 5 heteroatoms. The lowest BCUT2D eigenvalue weighted by Crippen LogP contribution is -2.35. The molecular weight excluding hydrogens is 362 g/mol. The zero-order valence-electron chi connectivity index (χ0n) is 17.0. The summed E-state index contributed by atoms with van der Waals surface area (Å²) in [5.41, 5.74) is 9.82. The second-order valence-corrected chi connectivity index (χ2v) is 7.38. The Hall–Kier alpha value is -3.60. The number of hydrogen-bond acceptors (Lipinski definition) is 2. The standard InChI is InChI=1S/C24H23N3O2/c1-15-9-8-10-16(2)22(15)26-17(3)13-19(18(26)4)14-21-23(28)25-27(24(21)29)20-11-6-5-7-12-20/h5-14H,1-4H3,(H,25,28)/b21-14+. The maximum atomic E-state index is 12.9. The zero-order chi connectivity index (χ0) is 20.7. The van der Waals surface area contributed by atoms with E-state index in [9.17, 15) is 9.59 Å². The molecule has 0 spiro atoms. The van der Waals surface area contributed by atoms with Gasteiger partial charge in [0.15, 0.2) is 0 Å². The summed E-state index contributed by atoms with van der Waals surface area (Å²) in [6.07, 6.45) is 1.69. The Morgan fingerprint density at radius 2 is 1.52 bits per heavy atom. The molecule has 1 N–H and O–H groups in total. The van der Waals surface area contributed by atoms with Crippen LogP contribution in [0.2, 0.25) is 0 Å². The molecule has 3 aromatic rings. The zero-order valence-corrected chi connectivity index (χ0v) is 17.0. The predicted octanol–water partition coefficient (Wildman–Crippen LogP) is 4.17. The van der Waals surface area contributed by atoms with E-state index in [4.69, 9.17) is 0 Å². The summed E-state index contributed by atoms with van der Waals surface area (Å²) in [5.74, 6) is -0.742. The molecule has 1 aliphatic heterocycles. The van der Waals surface area contributed by atoms with Crippen molar-refractivity contribution >= 4 is 23.6 Å². The number of aryl methyl sites for hydroxylation is 3. The van der Waals surface area contributed by atoms with Crippen LogP contribution in [0.15, 0.2) is 60.2 Å². The topological polar surface area (TPSA) is 54.3 Å². The normalized spacial score (nSPS) is 15.3. The Bertz CT molecular complexity index is 1140. The van der Waals surface area contributed by atoms with Gasteiger partial charge in [0.2, 0.25) is 0 Å². The number of hydrazine groups is 1. The molecule has 5 nitrogen and oxygen atoms in total. The van der Waals surface area contributed by atoms with Gasteiger partial charge in [-0.05, 0) is 68.7 Å². The molecule has 0 unspecified atom stereocenters. The number of carbonyl (C=O) groups excluding carboxylic acids is 2. The summed E-state index contributed by atoms with van der Waals surface area (Å²) in [6.45, 7) is 8.22. The van der Waals surface area contributed by atoms with E-state index in [2.05, 4.69) is 36.0 Å². The molecule has 2 amide bonds. The first kappa shape index (κ1) is 18.7. The molecule has 2 aromatic carbocycles. The lowest BCUT2D eigenvalue weighted by Gasteiger charge is -2.15. The molecule has 2 heterocycles. The predicted molar refractivity (Wildman–Crippen MR) is 115 cm³/mol. The highest BCUT2D eigenvalue weighted by Crippen LogP contribution is 2.28. The minimum Gasteiger partial charge on any atom is -0.317 e. The number of para-hydroxylation sites is 2. The number of aromatic nitrogens is 1. The second kappa shape index (κ2) is 7.09. The summed E-state index contributed by atoms with van der Waals surface area (Å²) >= 11 is 0. The molecule has 1 saturated heterocycles. The van der Waals surface area contributed by atoms with Crippen LogP contribution in [-0.2, 0) is 9.59 Å². The molecule has 1 fully saturated rings. The van der Waals surface area contributed by atoms with E-state index in [0.717, 1.165) is 22.6 Å². The van der Waals surface area contributed by atoms with E-state index in [0.29, 0.717) is 5.69 Å². The minimum absolute atomic E-state index is 0.135. The van der Waals surface area contributed by atoms with Crippen molar-refractivity contribution in [3.63, 3.8) is 0 Å². The van der Waals surface area contributed by atoms with Crippen LogP contribution < -0.4 is 10.4 Å². The molecular formula is C24H23N3O2. The molecule has 29 heavy (non-hydrogen) atoms. The first-order chi connectivity index (χ1) is 13.9. The van der Waals surface area contributed by atoms with Gasteiger partial charge in [-0.15, -0.1) is 0 Å². The van der Waals surface area contributed by atoms with Gasteiger partial charge in [-0.3, -0.25) is 15.0 Å². The third-order valence-electron chi connectivity index (χ3n) is 5.34. The van der Waals surface area contributed by atoms with Crippen molar-refractivity contribution in [2.45, 2.75) is 27.7 Å². The number of benzene rings is 2. The average Bonchev–Trinajstić information content (AvgIpc) is 3.13. The monoisotopic (exact) mass is 385 g/mol. The van der Waals surface area contributed by atoms with Crippen LogP contribution in [0.25, 0.3) is 11.8 Å². The molecule has 1 aromatic heterocycles. The Labute approximate surface area is 170 Å². The Balaban J connectivity index is 1.76. The van der Waals surface area contributed by atoms with Gasteiger partial charge in [0.05, 0.1) is 11.4 Å². The smallest absolute Gasteiger partial charge is 0.282 e. The number of carbonyl (C=O) groups is 2. The molecule has 0 radical (unpaired) electrons. The highest BCUT2D eigenvalue weighted by Gasteiger charge is 2.34. The van der Waals surface area contributed by atoms with Gasteiger partial charge in [-0.2, -0.15) is 0 Å². The van der Waals surface area contributed by atoms with Crippen LogP contribution in [0.3, 0.4) is 0 Å². The SMILES string of the molecule is Cc1cccc(C)c1-n1c(C)cc(/C=C2\C(=O)NN(c3ccccc3)C2=O)c1C. The van der Waals surface area contributed by atoms with E-state index < -0.39 is 5.91 Å². The van der Waals surface area contributed by atoms with Gasteiger partial charge in [0.1, 0.15) is 5.57 Å². The highest BCUT2D eigenvalue weighted by atomic mass is 16.2. The van der Waals surface area contributed by atoms with Crippen molar-refractivity contribution in [1.29, 1.82) is 0 Å². The van der Waals surface area contributed by atoms with Crippen molar-refractivity contribution in [2.24, 2.45) is 0 Å². The van der Waals surface area contributed by atoms with Crippen molar-refractivity contribution < 1.29 is 9.59 Å². The number of anilines is 1. The fourth-order valence-electron chi connectivity index (χ4n) is 3.91. The third kappa shape index (κ3) is 3.14. The fourth-order valence-corrected chi connectivity index (χ4v) is 3.91. The Morgan fingerprint density at radius 1 is 0.862 bits per heavy atom. The molecule has 1 aliphatic rings. The van der Waals surface area contributed by atoms with E-state index in [1.165, 1.54) is 16.1 Å². The number of rotatable bonds is 3. The van der Waals surface area contributed by atoms with Crippen molar-refractivity contribution in [3.05, 3.63) is 88.2 Å². The summed E-state index contributed by atoms with van der Waals surface area (Å²) in [6, 6.07) is 17.3. The largest absolute Gasteiger partial charge is 0.317 e. The van der Waals surface area contributed by atoms with Crippen LogP contribution in [0, 0.1) is 27.7 Å². The van der Waals surface area contributed by atoms with Gasteiger partial charge in [0.25, 0.3) is 11.8 Å². The first-order valence-corrected chi connectivity index (χ1v) is 9.56. The van der Waals surface area contributed by atoms with Crippen molar-refractivity contribution in [2.75, 3.05) is 5.01 Å². The Morgan fingerprint density at radius 3 is 2.17 bits per heavy atom. The third-order valence-corrected chi connectivity index (χ3v) is 5.34. The molecule has 4 rings (SSSR count). The van der Waals surface area contributed by atoms with Gasteiger partial charge in [0, 0.05) is 11.4 Å². The quantitative estimate of drug-likeness (QED) is 0.543. The highest BCUT2D eigenvalue weighted by molar-refractivity contribution is 6.31. The van der Waals surface area contributed by atoms with Gasteiger partial charge in [-0.1, -0.05) is 36.4 Å². The number of amides is 2. The molecule has 0 aliphatic carbocycles. The Kier molecular flexibility index (Phi) is 4.59. The van der Waals surface area contributed by atoms with Crippen LogP contribution in [0.4, 0.5) is 5.69 Å². The van der Waals surface area contributed by atoms with Gasteiger partial charge < -0.3 is 4.57 Å². The lowest BCUT2D eigenvalue weighted by molar-refractivity contribution is -0.117. The van der Waals surface area contributed by atoms with E-state index >= 15 is 0 Å². The first-order valence-electron chi connectivity index (χ1n) is 9.56. The van der Waals surface area contributed by atoms with E-state index in [1.54, 1.807) is 18.2 Å². The average molecular weight is 385 g/mol. The number of nitrogens with one attached hydrogen (secondary N) is 1. The van der Waals surface area contributed by atoms with Crippen LogP contribution in [0.5, 0.6) is 0 Å².